The maximum atomic E-state index is 11.0. The number of hydrogen-bond acceptors (Lipinski definition) is 3. The molecule has 2 amide bonds. The van der Waals surface area contributed by atoms with Gasteiger partial charge in [-0.15, -0.1) is 0 Å². The number of nitrogens with zero attached hydrogens (tertiary/aromatic N) is 1. The molecule has 0 aromatic heterocycles. The molecule has 0 aromatic rings. The van der Waals surface area contributed by atoms with E-state index in [-0.39, 0.29) is 17.9 Å². The van der Waals surface area contributed by atoms with Gasteiger partial charge in [0.25, 0.3) is 0 Å². The monoisotopic (exact) mass is 185 g/mol. The van der Waals surface area contributed by atoms with Crippen molar-refractivity contribution in [2.24, 2.45) is 5.73 Å². The second-order valence-corrected chi connectivity index (χ2v) is 3.21. The van der Waals surface area contributed by atoms with E-state index in [1.165, 1.54) is 0 Å². The highest BCUT2D eigenvalue weighted by Gasteiger charge is 2.21. The first-order valence-electron chi connectivity index (χ1n) is 4.41. The third-order valence-corrected chi connectivity index (χ3v) is 2.31. The largest absolute Gasteiger partial charge is 0.368 e. The summed E-state index contributed by atoms with van der Waals surface area (Å²) in [5.41, 5.74) is 5.17. The second-order valence-electron chi connectivity index (χ2n) is 3.21. The first kappa shape index (κ1) is 9.98. The van der Waals surface area contributed by atoms with Gasteiger partial charge in [0.1, 0.15) is 0 Å². The van der Waals surface area contributed by atoms with E-state index in [0.717, 1.165) is 0 Å². The summed E-state index contributed by atoms with van der Waals surface area (Å²) in [6, 6.07) is -0.285. The first-order valence-corrected chi connectivity index (χ1v) is 4.41. The molecule has 1 rings (SSSR count). The fraction of sp³-hybridized carbons (Fsp3) is 0.750. The molecule has 1 unspecified atom stereocenters. The minimum absolute atomic E-state index is 0.0409. The lowest BCUT2D eigenvalue weighted by Gasteiger charge is -2.23. The summed E-state index contributed by atoms with van der Waals surface area (Å²) in [5, 5.41) is 2.74. The number of hydrogen-bond donors (Lipinski definition) is 2. The Bertz CT molecular complexity index is 217. The van der Waals surface area contributed by atoms with Crippen molar-refractivity contribution in [1.29, 1.82) is 0 Å². The fourth-order valence-corrected chi connectivity index (χ4v) is 1.35. The predicted octanol–water partition coefficient (Wildman–Crippen LogP) is -1.32. The summed E-state index contributed by atoms with van der Waals surface area (Å²) in [5.74, 6) is -0.298. The highest BCUT2D eigenvalue weighted by molar-refractivity contribution is 5.80. The standard InChI is InChI=1S/C8H15N3O2/c1-6(8(9)13)11-4-2-7(12)10-3-5-11/h6H,2-5H2,1H3,(H2,9,13)(H,10,12). The molecule has 3 N–H and O–H groups in total. The molecule has 74 valence electrons. The van der Waals surface area contributed by atoms with Crippen LogP contribution in [0.25, 0.3) is 0 Å². The molecule has 1 aliphatic rings. The van der Waals surface area contributed by atoms with Crippen LogP contribution >= 0.6 is 0 Å². The zero-order valence-corrected chi connectivity index (χ0v) is 7.75. The van der Waals surface area contributed by atoms with E-state index in [1.807, 2.05) is 4.90 Å². The van der Waals surface area contributed by atoms with E-state index in [9.17, 15) is 9.59 Å². The van der Waals surface area contributed by atoms with Gasteiger partial charge in [0.15, 0.2) is 0 Å². The van der Waals surface area contributed by atoms with Crippen LogP contribution in [0.3, 0.4) is 0 Å². The van der Waals surface area contributed by atoms with Gasteiger partial charge in [0.2, 0.25) is 11.8 Å². The van der Waals surface area contributed by atoms with Crippen LogP contribution < -0.4 is 11.1 Å². The Labute approximate surface area is 77.3 Å². The predicted molar refractivity (Wildman–Crippen MR) is 47.9 cm³/mol. The third kappa shape index (κ3) is 2.69. The van der Waals surface area contributed by atoms with Gasteiger partial charge in [-0.3, -0.25) is 14.5 Å². The highest BCUT2D eigenvalue weighted by atomic mass is 16.2. The molecule has 5 heteroatoms. The molecule has 0 saturated carbocycles. The van der Waals surface area contributed by atoms with Crippen LogP contribution in [0.5, 0.6) is 0 Å². The molecule has 13 heavy (non-hydrogen) atoms. The van der Waals surface area contributed by atoms with E-state index in [2.05, 4.69) is 5.32 Å². The van der Waals surface area contributed by atoms with Crippen LogP contribution in [0, 0.1) is 0 Å². The van der Waals surface area contributed by atoms with Crippen molar-refractivity contribution < 1.29 is 9.59 Å². The first-order chi connectivity index (χ1) is 6.11. The van der Waals surface area contributed by atoms with Gasteiger partial charge in [-0.2, -0.15) is 0 Å². The van der Waals surface area contributed by atoms with Crippen LogP contribution in [-0.2, 0) is 9.59 Å². The zero-order chi connectivity index (χ0) is 9.84. The van der Waals surface area contributed by atoms with E-state index >= 15 is 0 Å². The molecule has 0 aromatic carbocycles. The molecule has 1 saturated heterocycles. The number of nitrogens with two attached hydrogens (primary N) is 1. The Morgan fingerprint density at radius 2 is 2.31 bits per heavy atom. The molecule has 1 atom stereocenters. The second kappa shape index (κ2) is 4.23. The van der Waals surface area contributed by atoms with Crippen LogP contribution in [-0.4, -0.2) is 42.4 Å². The van der Waals surface area contributed by atoms with Crippen molar-refractivity contribution in [3.8, 4) is 0 Å². The molecule has 0 bridgehead atoms. The summed E-state index contributed by atoms with van der Waals surface area (Å²) in [6.45, 7) is 3.65. The molecule has 1 aliphatic heterocycles. The van der Waals surface area contributed by atoms with E-state index in [4.69, 9.17) is 5.73 Å². The fourth-order valence-electron chi connectivity index (χ4n) is 1.35. The number of carbonyl (C=O) groups is 2. The average molecular weight is 185 g/mol. The van der Waals surface area contributed by atoms with Crippen molar-refractivity contribution in [2.45, 2.75) is 19.4 Å². The van der Waals surface area contributed by atoms with Crippen LogP contribution in [0.2, 0.25) is 0 Å². The quantitative estimate of drug-likeness (QED) is 0.560. The SMILES string of the molecule is CC(C(N)=O)N1CCNC(=O)CC1. The van der Waals surface area contributed by atoms with Gasteiger partial charge in [0.05, 0.1) is 6.04 Å². The van der Waals surface area contributed by atoms with Crippen LogP contribution in [0.15, 0.2) is 0 Å². The molecule has 1 fully saturated rings. The van der Waals surface area contributed by atoms with E-state index in [0.29, 0.717) is 26.1 Å². The normalized spacial score (nSPS) is 21.8. The van der Waals surface area contributed by atoms with Crippen LogP contribution in [0.4, 0.5) is 0 Å². The highest BCUT2D eigenvalue weighted by Crippen LogP contribution is 2.02. The number of nitrogens with one attached hydrogen (secondary N) is 1. The number of primary amides is 1. The van der Waals surface area contributed by atoms with E-state index < -0.39 is 0 Å². The topological polar surface area (TPSA) is 75.4 Å². The summed E-state index contributed by atoms with van der Waals surface area (Å²) in [6.07, 6.45) is 0.442. The number of carbonyl (C=O) groups excluding carboxylic acids is 2. The van der Waals surface area contributed by atoms with Crippen molar-refractivity contribution in [3.63, 3.8) is 0 Å². The molecule has 0 radical (unpaired) electrons. The summed E-state index contributed by atoms with van der Waals surface area (Å²) in [4.78, 5) is 23.8. The number of rotatable bonds is 2. The van der Waals surface area contributed by atoms with Crippen molar-refractivity contribution in [2.75, 3.05) is 19.6 Å². The maximum Gasteiger partial charge on any atom is 0.234 e. The van der Waals surface area contributed by atoms with Gasteiger partial charge in [-0.05, 0) is 6.92 Å². The average Bonchev–Trinajstić information content (AvgIpc) is 2.28. The Hall–Kier alpha value is -1.10. The third-order valence-electron chi connectivity index (χ3n) is 2.31. The Morgan fingerprint density at radius 1 is 1.62 bits per heavy atom. The summed E-state index contributed by atoms with van der Waals surface area (Å²) in [7, 11) is 0. The van der Waals surface area contributed by atoms with Gasteiger partial charge in [0, 0.05) is 26.1 Å². The van der Waals surface area contributed by atoms with Crippen molar-refractivity contribution >= 4 is 11.8 Å². The minimum atomic E-state index is -0.339. The van der Waals surface area contributed by atoms with Crippen molar-refractivity contribution in [1.82, 2.24) is 10.2 Å². The number of amides is 2. The van der Waals surface area contributed by atoms with Gasteiger partial charge >= 0.3 is 0 Å². The summed E-state index contributed by atoms with van der Waals surface area (Å²) >= 11 is 0. The lowest BCUT2D eigenvalue weighted by atomic mass is 10.2. The van der Waals surface area contributed by atoms with Crippen molar-refractivity contribution in [3.05, 3.63) is 0 Å². The molecule has 0 spiro atoms. The Balaban J connectivity index is 2.50. The lowest BCUT2D eigenvalue weighted by Crippen LogP contribution is -2.44. The molecular weight excluding hydrogens is 170 g/mol. The molecule has 0 aliphatic carbocycles. The lowest BCUT2D eigenvalue weighted by molar-refractivity contribution is -0.123. The molecular formula is C8H15N3O2. The summed E-state index contributed by atoms with van der Waals surface area (Å²) < 4.78 is 0. The van der Waals surface area contributed by atoms with Gasteiger partial charge in [-0.25, -0.2) is 0 Å². The van der Waals surface area contributed by atoms with Gasteiger partial charge < -0.3 is 11.1 Å². The van der Waals surface area contributed by atoms with Crippen LogP contribution in [0.1, 0.15) is 13.3 Å². The van der Waals surface area contributed by atoms with Gasteiger partial charge in [-0.1, -0.05) is 0 Å². The maximum absolute atomic E-state index is 11.0. The van der Waals surface area contributed by atoms with E-state index in [1.54, 1.807) is 6.92 Å². The zero-order valence-electron chi connectivity index (χ0n) is 7.75. The Morgan fingerprint density at radius 3 is 2.92 bits per heavy atom. The molecule has 1 heterocycles. The minimum Gasteiger partial charge on any atom is -0.368 e. The Kier molecular flexibility index (Phi) is 3.25. The molecule has 5 nitrogen and oxygen atoms in total. The smallest absolute Gasteiger partial charge is 0.234 e.